The fourth-order valence-electron chi connectivity index (χ4n) is 5.05. The molecule has 1 fully saturated rings. The van der Waals surface area contributed by atoms with Crippen molar-refractivity contribution < 1.29 is 18.0 Å². The standard InChI is InChI=1S/C24H22BrCl2N5O4S/c1-24(12-14-4-6-15(25)7-5-14)22(34)31(18-10-16(26)9-17(27)11-18)23-29-13-20(32(23)24)37(35,36)30-8-2-3-19(30)21(28)33/h4-7,9-11,13,19H,2-3,8,12H2,1H3,(H2,28,33)/t19-,24-/m1/s1. The molecule has 0 saturated carbocycles. The molecule has 0 bridgehead atoms. The number of nitrogens with zero attached hydrogens (tertiary/aromatic N) is 4. The first kappa shape index (κ1) is 26.2. The van der Waals surface area contributed by atoms with Crippen LogP contribution >= 0.6 is 39.1 Å². The Bertz CT molecular complexity index is 1510. The Morgan fingerprint density at radius 2 is 1.84 bits per heavy atom. The largest absolute Gasteiger partial charge is 0.368 e. The van der Waals surface area contributed by atoms with E-state index in [0.29, 0.717) is 28.6 Å². The summed E-state index contributed by atoms with van der Waals surface area (Å²) in [5.74, 6) is -1.01. The highest BCUT2D eigenvalue weighted by Gasteiger charge is 2.53. The number of halogens is 3. The van der Waals surface area contributed by atoms with E-state index in [0.717, 1.165) is 14.3 Å². The SMILES string of the molecule is C[C@@]1(Cc2ccc(Br)cc2)C(=O)N(c2cc(Cl)cc(Cl)c2)c2ncc(S(=O)(=O)N3CCC[C@@H]3C(N)=O)n21. The summed E-state index contributed by atoms with van der Waals surface area (Å²) in [5, 5.41) is 0.424. The van der Waals surface area contributed by atoms with Gasteiger partial charge < -0.3 is 5.73 Å². The summed E-state index contributed by atoms with van der Waals surface area (Å²) in [5.41, 5.74) is 5.30. The van der Waals surface area contributed by atoms with Crippen LogP contribution in [0.15, 0.2) is 58.2 Å². The number of anilines is 2. The maximum Gasteiger partial charge on any atom is 0.261 e. The van der Waals surface area contributed by atoms with Gasteiger partial charge in [0.1, 0.15) is 11.6 Å². The predicted molar refractivity (Wildman–Crippen MR) is 143 cm³/mol. The van der Waals surface area contributed by atoms with Gasteiger partial charge in [0.2, 0.25) is 11.9 Å². The molecule has 2 aliphatic heterocycles. The predicted octanol–water partition coefficient (Wildman–Crippen LogP) is 4.23. The zero-order valence-electron chi connectivity index (χ0n) is 19.6. The van der Waals surface area contributed by atoms with Crippen LogP contribution in [0.4, 0.5) is 11.6 Å². The number of sulfonamides is 1. The summed E-state index contributed by atoms with van der Waals surface area (Å²) < 4.78 is 31.2. The molecule has 1 saturated heterocycles. The van der Waals surface area contributed by atoms with Crippen molar-refractivity contribution in [3.8, 4) is 0 Å². The second-order valence-electron chi connectivity index (χ2n) is 9.25. The van der Waals surface area contributed by atoms with Crippen molar-refractivity contribution in [1.82, 2.24) is 13.9 Å². The van der Waals surface area contributed by atoms with E-state index in [4.69, 9.17) is 28.9 Å². The molecule has 2 aromatic carbocycles. The molecule has 2 N–H and O–H groups in total. The third-order valence-electron chi connectivity index (χ3n) is 6.74. The first-order chi connectivity index (χ1) is 17.4. The molecule has 1 aromatic heterocycles. The van der Waals surface area contributed by atoms with Crippen molar-refractivity contribution >= 4 is 72.6 Å². The Hall–Kier alpha value is -2.44. The molecule has 2 amide bonds. The molecule has 0 aliphatic carbocycles. The van der Waals surface area contributed by atoms with Gasteiger partial charge in [-0.15, -0.1) is 0 Å². The highest BCUT2D eigenvalue weighted by molar-refractivity contribution is 9.10. The van der Waals surface area contributed by atoms with Gasteiger partial charge in [-0.05, 0) is 55.7 Å². The Labute approximate surface area is 232 Å². The van der Waals surface area contributed by atoms with Crippen LogP contribution < -0.4 is 10.6 Å². The van der Waals surface area contributed by atoms with Crippen LogP contribution in [0.5, 0.6) is 0 Å². The quantitative estimate of drug-likeness (QED) is 0.439. The lowest BCUT2D eigenvalue weighted by Gasteiger charge is -2.28. The number of carbonyl (C=O) groups excluding carboxylic acids is 2. The molecule has 5 rings (SSSR count). The molecule has 37 heavy (non-hydrogen) atoms. The van der Waals surface area contributed by atoms with Gasteiger partial charge in [-0.3, -0.25) is 14.2 Å². The van der Waals surface area contributed by atoms with Crippen molar-refractivity contribution in [3.05, 3.63) is 68.7 Å². The van der Waals surface area contributed by atoms with Crippen molar-refractivity contribution in [2.75, 3.05) is 11.4 Å². The monoisotopic (exact) mass is 625 g/mol. The second kappa shape index (κ2) is 9.39. The molecule has 3 aromatic rings. The number of nitrogens with two attached hydrogens (primary N) is 1. The van der Waals surface area contributed by atoms with Gasteiger partial charge in [0.15, 0.2) is 5.03 Å². The fraction of sp³-hybridized carbons (Fsp3) is 0.292. The molecule has 9 nitrogen and oxygen atoms in total. The van der Waals surface area contributed by atoms with Gasteiger partial charge in [-0.1, -0.05) is 51.3 Å². The minimum atomic E-state index is -4.24. The normalized spacial score (nSPS) is 22.0. The summed E-state index contributed by atoms with van der Waals surface area (Å²) >= 11 is 15.9. The number of hydrogen-bond donors (Lipinski definition) is 1. The highest BCUT2D eigenvalue weighted by Crippen LogP contribution is 2.45. The van der Waals surface area contributed by atoms with Gasteiger partial charge in [0.25, 0.3) is 15.9 Å². The Kier molecular flexibility index (Phi) is 6.64. The maximum absolute atomic E-state index is 14.1. The number of imidazole rings is 1. The summed E-state index contributed by atoms with van der Waals surface area (Å²) in [6.07, 6.45) is 2.22. The summed E-state index contributed by atoms with van der Waals surface area (Å²) in [7, 11) is -4.24. The topological polar surface area (TPSA) is 119 Å². The lowest BCUT2D eigenvalue weighted by Crippen LogP contribution is -2.46. The van der Waals surface area contributed by atoms with Crippen molar-refractivity contribution in [2.24, 2.45) is 5.73 Å². The molecule has 0 unspecified atom stereocenters. The molecule has 0 spiro atoms. The van der Waals surface area contributed by atoms with E-state index in [2.05, 4.69) is 20.9 Å². The van der Waals surface area contributed by atoms with Crippen molar-refractivity contribution in [1.29, 1.82) is 0 Å². The second-order valence-corrected chi connectivity index (χ2v) is 12.9. The minimum absolute atomic E-state index is 0.108. The number of primary amides is 1. The third kappa shape index (κ3) is 4.36. The Morgan fingerprint density at radius 3 is 2.46 bits per heavy atom. The number of hydrogen-bond acceptors (Lipinski definition) is 5. The number of benzene rings is 2. The van der Waals surface area contributed by atoms with Crippen LogP contribution in [0.25, 0.3) is 0 Å². The van der Waals surface area contributed by atoms with Gasteiger partial charge >= 0.3 is 0 Å². The lowest BCUT2D eigenvalue weighted by molar-refractivity contribution is -0.124. The summed E-state index contributed by atoms with van der Waals surface area (Å²) in [6, 6.07) is 11.1. The Morgan fingerprint density at radius 1 is 1.19 bits per heavy atom. The highest BCUT2D eigenvalue weighted by atomic mass is 79.9. The number of fused-ring (bicyclic) bond motifs is 1. The summed E-state index contributed by atoms with van der Waals surface area (Å²) in [6.45, 7) is 1.81. The van der Waals surface area contributed by atoms with Crippen LogP contribution in [0.2, 0.25) is 10.0 Å². The number of carbonyl (C=O) groups is 2. The molecule has 13 heteroatoms. The van der Waals surface area contributed by atoms with E-state index >= 15 is 0 Å². The van der Waals surface area contributed by atoms with Gasteiger partial charge in [0, 0.05) is 27.5 Å². The number of amides is 2. The molecule has 3 heterocycles. The van der Waals surface area contributed by atoms with E-state index in [1.54, 1.807) is 19.1 Å². The molecular formula is C24H22BrCl2N5O4S. The van der Waals surface area contributed by atoms with Gasteiger partial charge in [-0.25, -0.2) is 18.3 Å². The van der Waals surface area contributed by atoms with Crippen molar-refractivity contribution in [2.45, 2.75) is 42.8 Å². The van der Waals surface area contributed by atoms with Crippen LogP contribution in [-0.2, 0) is 31.6 Å². The summed E-state index contributed by atoms with van der Waals surface area (Å²) in [4.78, 5) is 31.8. The van der Waals surface area contributed by atoms with E-state index in [1.165, 1.54) is 21.7 Å². The van der Waals surface area contributed by atoms with Crippen LogP contribution in [0.1, 0.15) is 25.3 Å². The first-order valence-corrected chi connectivity index (χ1v) is 14.4. The van der Waals surface area contributed by atoms with E-state index < -0.39 is 33.4 Å². The van der Waals surface area contributed by atoms with E-state index in [9.17, 15) is 18.0 Å². The minimum Gasteiger partial charge on any atom is -0.368 e. The van der Waals surface area contributed by atoms with Crippen LogP contribution in [0, 0.1) is 0 Å². The van der Waals surface area contributed by atoms with Gasteiger partial charge in [0.05, 0.1) is 11.9 Å². The lowest BCUT2D eigenvalue weighted by atomic mass is 9.92. The third-order valence-corrected chi connectivity index (χ3v) is 9.58. The number of aromatic nitrogens is 2. The maximum atomic E-state index is 14.1. The van der Waals surface area contributed by atoms with Crippen LogP contribution in [0.3, 0.4) is 0 Å². The van der Waals surface area contributed by atoms with Gasteiger partial charge in [-0.2, -0.15) is 4.31 Å². The molecule has 2 aliphatic rings. The van der Waals surface area contributed by atoms with Crippen LogP contribution in [-0.4, -0.2) is 46.7 Å². The fourth-order valence-corrected chi connectivity index (χ4v) is 7.68. The molecular weight excluding hydrogens is 605 g/mol. The molecule has 0 radical (unpaired) electrons. The van der Waals surface area contributed by atoms with E-state index in [1.807, 2.05) is 24.3 Å². The zero-order chi connectivity index (χ0) is 26.7. The number of rotatable bonds is 6. The average molecular weight is 627 g/mol. The first-order valence-electron chi connectivity index (χ1n) is 11.4. The molecule has 194 valence electrons. The molecule has 2 atom stereocenters. The average Bonchev–Trinajstić information content (AvgIpc) is 3.52. The van der Waals surface area contributed by atoms with E-state index in [-0.39, 0.29) is 23.9 Å². The smallest absolute Gasteiger partial charge is 0.261 e. The zero-order valence-corrected chi connectivity index (χ0v) is 23.5. The van der Waals surface area contributed by atoms with Crippen molar-refractivity contribution in [3.63, 3.8) is 0 Å². The Balaban J connectivity index is 1.70.